The Kier molecular flexibility index (Phi) is 5.10. The largest absolute Gasteiger partial charge is 0.261 e. The Labute approximate surface area is 97.9 Å². The molecule has 0 spiro atoms. The van der Waals surface area contributed by atoms with E-state index in [2.05, 4.69) is 31.8 Å². The number of hydrogen-bond donors (Lipinski definition) is 0. The maximum absolute atomic E-state index is 6.49. The zero-order valence-electron chi connectivity index (χ0n) is 9.78. The maximum atomic E-state index is 6.49. The van der Waals surface area contributed by atoms with E-state index in [0.717, 1.165) is 18.5 Å². The van der Waals surface area contributed by atoms with E-state index in [-0.39, 0.29) is 5.38 Å². The molecule has 1 aromatic rings. The molecule has 0 aliphatic rings. The molecular formula is C13H20ClN. The fourth-order valence-corrected chi connectivity index (χ4v) is 2.44. The van der Waals surface area contributed by atoms with Gasteiger partial charge in [-0.15, -0.1) is 11.6 Å². The summed E-state index contributed by atoms with van der Waals surface area (Å²) in [4.78, 5) is 4.37. The lowest BCUT2D eigenvalue weighted by Gasteiger charge is -2.24. The summed E-state index contributed by atoms with van der Waals surface area (Å²) in [7, 11) is 0. The Balaban J connectivity index is 2.71. The molecule has 0 aromatic carbocycles. The van der Waals surface area contributed by atoms with Crippen LogP contribution in [0.3, 0.4) is 0 Å². The van der Waals surface area contributed by atoms with Crippen LogP contribution >= 0.6 is 11.6 Å². The molecule has 0 fully saturated rings. The Bertz CT molecular complexity index is 269. The van der Waals surface area contributed by atoms with Gasteiger partial charge in [0.05, 0.1) is 0 Å². The van der Waals surface area contributed by atoms with Crippen molar-refractivity contribution in [3.63, 3.8) is 0 Å². The van der Waals surface area contributed by atoms with Crippen molar-refractivity contribution >= 4 is 11.6 Å². The van der Waals surface area contributed by atoms with E-state index < -0.39 is 0 Å². The predicted octanol–water partition coefficient (Wildman–Crippen LogP) is 4.23. The summed E-state index contributed by atoms with van der Waals surface area (Å²) in [5, 5.41) is 0.190. The average Bonchev–Trinajstić information content (AvgIpc) is 2.30. The first-order valence-corrected chi connectivity index (χ1v) is 6.19. The number of pyridine rings is 1. The van der Waals surface area contributed by atoms with Crippen LogP contribution in [-0.2, 0) is 0 Å². The Morgan fingerprint density at radius 2 is 1.93 bits per heavy atom. The molecule has 1 aromatic heterocycles. The summed E-state index contributed by atoms with van der Waals surface area (Å²) < 4.78 is 0. The van der Waals surface area contributed by atoms with Gasteiger partial charge in [-0.3, -0.25) is 4.98 Å². The van der Waals surface area contributed by atoms with Crippen molar-refractivity contribution in [1.29, 1.82) is 0 Å². The fraction of sp³-hybridized carbons (Fsp3) is 0.615. The summed E-state index contributed by atoms with van der Waals surface area (Å²) in [6.07, 6.45) is 4.12. The topological polar surface area (TPSA) is 12.9 Å². The zero-order valence-corrected chi connectivity index (χ0v) is 10.5. The molecule has 2 unspecified atom stereocenters. The molecule has 1 rings (SSSR count). The number of halogens is 1. The van der Waals surface area contributed by atoms with Crippen molar-refractivity contribution in [2.45, 2.75) is 44.9 Å². The summed E-state index contributed by atoms with van der Waals surface area (Å²) >= 11 is 6.49. The zero-order chi connectivity index (χ0) is 11.3. The Morgan fingerprint density at radius 3 is 2.40 bits per heavy atom. The fourth-order valence-electron chi connectivity index (χ4n) is 1.96. The number of rotatable bonds is 5. The molecule has 1 nitrogen and oxygen atoms in total. The molecule has 0 saturated carbocycles. The molecule has 2 heteroatoms. The quantitative estimate of drug-likeness (QED) is 0.684. The smallest absolute Gasteiger partial charge is 0.0446 e. The van der Waals surface area contributed by atoms with Gasteiger partial charge < -0.3 is 0 Å². The lowest BCUT2D eigenvalue weighted by molar-refractivity contribution is 0.427. The lowest BCUT2D eigenvalue weighted by Crippen LogP contribution is -2.20. The number of nitrogens with zero attached hydrogens (tertiary/aromatic N) is 1. The highest BCUT2D eigenvalue weighted by molar-refractivity contribution is 6.21. The molecule has 84 valence electrons. The molecule has 0 aliphatic heterocycles. The monoisotopic (exact) mass is 225 g/mol. The number of hydrogen-bond acceptors (Lipinski definition) is 1. The standard InChI is InChI=1S/C13H20ClN/c1-4-11(5-2)13(14)10(3)12-8-6-7-9-15-12/h6-11,13H,4-5H2,1-3H3. The van der Waals surface area contributed by atoms with Crippen molar-refractivity contribution in [3.05, 3.63) is 30.1 Å². The van der Waals surface area contributed by atoms with Gasteiger partial charge in [0.15, 0.2) is 0 Å². The highest BCUT2D eigenvalue weighted by Crippen LogP contribution is 2.30. The van der Waals surface area contributed by atoms with Crippen LogP contribution in [0.1, 0.15) is 45.2 Å². The van der Waals surface area contributed by atoms with Crippen LogP contribution < -0.4 is 0 Å². The first kappa shape index (κ1) is 12.5. The average molecular weight is 226 g/mol. The molecule has 0 amide bonds. The highest BCUT2D eigenvalue weighted by Gasteiger charge is 2.23. The Hall–Kier alpha value is -0.560. The van der Waals surface area contributed by atoms with E-state index in [4.69, 9.17) is 11.6 Å². The van der Waals surface area contributed by atoms with Crippen molar-refractivity contribution in [3.8, 4) is 0 Å². The van der Waals surface area contributed by atoms with Gasteiger partial charge in [0, 0.05) is 23.2 Å². The molecule has 0 bridgehead atoms. The van der Waals surface area contributed by atoms with Crippen LogP contribution in [0.2, 0.25) is 0 Å². The molecule has 0 radical (unpaired) electrons. The van der Waals surface area contributed by atoms with Gasteiger partial charge in [-0.25, -0.2) is 0 Å². The van der Waals surface area contributed by atoms with Crippen molar-refractivity contribution in [2.75, 3.05) is 0 Å². The Morgan fingerprint density at radius 1 is 1.27 bits per heavy atom. The van der Waals surface area contributed by atoms with E-state index in [9.17, 15) is 0 Å². The van der Waals surface area contributed by atoms with E-state index in [0.29, 0.717) is 11.8 Å². The first-order valence-electron chi connectivity index (χ1n) is 5.75. The summed E-state index contributed by atoms with van der Waals surface area (Å²) in [6, 6.07) is 6.02. The molecule has 0 N–H and O–H groups in total. The third-order valence-electron chi connectivity index (χ3n) is 3.13. The lowest BCUT2D eigenvalue weighted by atomic mass is 9.89. The number of alkyl halides is 1. The minimum Gasteiger partial charge on any atom is -0.261 e. The van der Waals surface area contributed by atoms with E-state index in [1.165, 1.54) is 0 Å². The van der Waals surface area contributed by atoms with Crippen molar-refractivity contribution in [2.24, 2.45) is 5.92 Å². The van der Waals surface area contributed by atoms with E-state index in [1.54, 1.807) is 0 Å². The molecule has 15 heavy (non-hydrogen) atoms. The van der Waals surface area contributed by atoms with Gasteiger partial charge in [0.25, 0.3) is 0 Å². The van der Waals surface area contributed by atoms with Gasteiger partial charge in [0.1, 0.15) is 0 Å². The second-order valence-electron chi connectivity index (χ2n) is 4.06. The van der Waals surface area contributed by atoms with E-state index in [1.807, 2.05) is 18.3 Å². The van der Waals surface area contributed by atoms with Crippen LogP contribution in [-0.4, -0.2) is 10.4 Å². The van der Waals surface area contributed by atoms with Crippen LogP contribution in [0.4, 0.5) is 0 Å². The van der Waals surface area contributed by atoms with Crippen molar-refractivity contribution < 1.29 is 0 Å². The molecular weight excluding hydrogens is 206 g/mol. The minimum atomic E-state index is 0.190. The van der Waals surface area contributed by atoms with Crippen molar-refractivity contribution in [1.82, 2.24) is 4.98 Å². The first-order chi connectivity index (χ1) is 7.20. The minimum absolute atomic E-state index is 0.190. The maximum Gasteiger partial charge on any atom is 0.0446 e. The van der Waals surface area contributed by atoms with Crippen LogP contribution in [0, 0.1) is 5.92 Å². The van der Waals surface area contributed by atoms with Gasteiger partial charge >= 0.3 is 0 Å². The second kappa shape index (κ2) is 6.12. The van der Waals surface area contributed by atoms with E-state index >= 15 is 0 Å². The molecule has 0 aliphatic carbocycles. The van der Waals surface area contributed by atoms with Gasteiger partial charge in [0.2, 0.25) is 0 Å². The predicted molar refractivity (Wildman–Crippen MR) is 66.4 cm³/mol. The summed E-state index contributed by atoms with van der Waals surface area (Å²) in [5.74, 6) is 0.918. The van der Waals surface area contributed by atoms with Crippen LogP contribution in [0.15, 0.2) is 24.4 Å². The summed E-state index contributed by atoms with van der Waals surface area (Å²) in [5.41, 5.74) is 1.10. The van der Waals surface area contributed by atoms with Crippen LogP contribution in [0.25, 0.3) is 0 Å². The SMILES string of the molecule is CCC(CC)C(Cl)C(C)c1ccccn1. The molecule has 1 heterocycles. The summed E-state index contributed by atoms with van der Waals surface area (Å²) in [6.45, 7) is 6.57. The van der Waals surface area contributed by atoms with Gasteiger partial charge in [-0.1, -0.05) is 39.7 Å². The second-order valence-corrected chi connectivity index (χ2v) is 4.57. The molecule has 0 saturated heterocycles. The third-order valence-corrected chi connectivity index (χ3v) is 3.87. The third kappa shape index (κ3) is 3.20. The number of aromatic nitrogens is 1. The van der Waals surface area contributed by atoms with Crippen LogP contribution in [0.5, 0.6) is 0 Å². The van der Waals surface area contributed by atoms with Gasteiger partial charge in [-0.2, -0.15) is 0 Å². The molecule has 2 atom stereocenters. The highest BCUT2D eigenvalue weighted by atomic mass is 35.5. The normalized spacial score (nSPS) is 15.3. The van der Waals surface area contributed by atoms with Gasteiger partial charge in [-0.05, 0) is 18.1 Å².